The van der Waals surface area contributed by atoms with Crippen molar-refractivity contribution in [2.45, 2.75) is 12.3 Å². The topological polar surface area (TPSA) is 65.2 Å². The fraction of sp³-hybridized carbons (Fsp3) is 0.333. The van der Waals surface area contributed by atoms with Gasteiger partial charge in [0.2, 0.25) is 0 Å². The fourth-order valence-electron chi connectivity index (χ4n) is 0.929. The van der Waals surface area contributed by atoms with Crippen LogP contribution in [0.25, 0.3) is 0 Å². The van der Waals surface area contributed by atoms with Crippen LogP contribution in [0.2, 0.25) is 0 Å². The Morgan fingerprint density at radius 1 is 1.53 bits per heavy atom. The van der Waals surface area contributed by atoms with E-state index < -0.39 is 30.6 Å². The highest BCUT2D eigenvalue weighted by Gasteiger charge is 2.42. The molecule has 0 radical (unpaired) electrons. The van der Waals surface area contributed by atoms with E-state index in [1.807, 2.05) is 0 Å². The summed E-state index contributed by atoms with van der Waals surface area (Å²) < 4.78 is 53.2. The average Bonchev–Trinajstić information content (AvgIpc) is 2.26. The summed E-state index contributed by atoms with van der Waals surface area (Å²) in [5, 5.41) is 0. The minimum atomic E-state index is -4.30. The Morgan fingerprint density at radius 3 is 2.71 bits per heavy atom. The molecule has 0 unspecified atom stereocenters. The average molecular weight is 252 g/mol. The van der Waals surface area contributed by atoms with Gasteiger partial charge in [-0.25, -0.2) is 13.8 Å². The van der Waals surface area contributed by atoms with E-state index in [4.69, 9.17) is 5.73 Å². The Kier molecular flexibility index (Phi) is 3.87. The molecule has 17 heavy (non-hydrogen) atoms. The number of hydrogen-bond donors (Lipinski definition) is 1. The summed E-state index contributed by atoms with van der Waals surface area (Å²) in [5.41, 5.74) is 4.51. The van der Waals surface area contributed by atoms with Crippen LogP contribution in [0.3, 0.4) is 0 Å². The van der Waals surface area contributed by atoms with Crippen LogP contribution in [0.15, 0.2) is 18.3 Å². The monoisotopic (exact) mass is 252 g/mol. The molecule has 0 aliphatic carbocycles. The van der Waals surface area contributed by atoms with Crippen molar-refractivity contribution in [3.05, 3.63) is 24.0 Å². The lowest BCUT2D eigenvalue weighted by atomic mass is 10.3. The molecule has 0 aliphatic heterocycles. The maximum absolute atomic E-state index is 12.6. The first kappa shape index (κ1) is 13.2. The number of alkyl halides is 4. The summed E-state index contributed by atoms with van der Waals surface area (Å²) in [6.45, 7) is -1.56. The van der Waals surface area contributed by atoms with Gasteiger partial charge in [0.15, 0.2) is 18.1 Å². The lowest BCUT2D eigenvalue weighted by Crippen LogP contribution is -2.34. The highest BCUT2D eigenvalue weighted by atomic mass is 19.3. The van der Waals surface area contributed by atoms with Gasteiger partial charge >= 0.3 is 12.3 Å². The lowest BCUT2D eigenvalue weighted by molar-refractivity contribution is -0.148. The van der Waals surface area contributed by atoms with E-state index in [-0.39, 0.29) is 5.75 Å². The summed E-state index contributed by atoms with van der Waals surface area (Å²) in [6.07, 6.45) is -2.66. The Bertz CT molecular complexity index is 412. The smallest absolute Gasteiger partial charge is 0.340 e. The zero-order valence-electron chi connectivity index (χ0n) is 8.37. The second-order valence-electron chi connectivity index (χ2n) is 3.06. The minimum absolute atomic E-state index is 0.361. The summed E-state index contributed by atoms with van der Waals surface area (Å²) in [4.78, 5) is 14.3. The molecule has 1 amide bonds. The third-order valence-corrected chi connectivity index (χ3v) is 1.74. The van der Waals surface area contributed by atoms with Crippen LogP contribution in [0.5, 0.6) is 5.75 Å². The molecule has 0 saturated carbocycles. The number of nitrogens with two attached hydrogens (primary N) is 1. The molecule has 94 valence electrons. The molecule has 1 heterocycles. The van der Waals surface area contributed by atoms with Crippen molar-refractivity contribution in [2.24, 2.45) is 5.73 Å². The molecule has 0 spiro atoms. The van der Waals surface area contributed by atoms with Gasteiger partial charge < -0.3 is 10.5 Å². The number of halogens is 4. The lowest BCUT2D eigenvalue weighted by Gasteiger charge is -2.16. The Labute approximate surface area is 93.4 Å². The van der Waals surface area contributed by atoms with Gasteiger partial charge in [-0.2, -0.15) is 8.78 Å². The highest BCUT2D eigenvalue weighted by Crippen LogP contribution is 2.25. The summed E-state index contributed by atoms with van der Waals surface area (Å²) >= 11 is 0. The van der Waals surface area contributed by atoms with Crippen LogP contribution >= 0.6 is 0 Å². The van der Waals surface area contributed by atoms with Crippen LogP contribution < -0.4 is 10.5 Å². The largest absolute Gasteiger partial charge is 0.485 e. The molecule has 1 rings (SSSR count). The Hall–Kier alpha value is -1.86. The fourth-order valence-corrected chi connectivity index (χ4v) is 0.929. The zero-order chi connectivity index (χ0) is 13.1. The van der Waals surface area contributed by atoms with Crippen molar-refractivity contribution in [2.75, 3.05) is 6.61 Å². The molecule has 1 aromatic rings. The molecule has 0 fully saturated rings. The molecule has 0 bridgehead atoms. The predicted octanol–water partition coefficient (Wildman–Crippen LogP) is 1.46. The predicted molar refractivity (Wildman–Crippen MR) is 49.2 cm³/mol. The van der Waals surface area contributed by atoms with Crippen LogP contribution in [-0.4, -0.2) is 29.8 Å². The number of ether oxygens (including phenoxy) is 1. The number of nitrogens with zero attached hydrogens (tertiary/aromatic N) is 1. The van der Waals surface area contributed by atoms with Crippen LogP contribution in [0.1, 0.15) is 10.5 Å². The van der Waals surface area contributed by atoms with Gasteiger partial charge in [-0.1, -0.05) is 0 Å². The molecule has 0 saturated heterocycles. The van der Waals surface area contributed by atoms with E-state index in [0.717, 1.165) is 6.07 Å². The number of hydrogen-bond acceptors (Lipinski definition) is 3. The highest BCUT2D eigenvalue weighted by molar-refractivity contribution is 5.93. The maximum atomic E-state index is 12.6. The van der Waals surface area contributed by atoms with Crippen molar-refractivity contribution in [3.8, 4) is 5.75 Å². The van der Waals surface area contributed by atoms with Gasteiger partial charge in [-0.15, -0.1) is 0 Å². The number of pyridine rings is 1. The Balaban J connectivity index is 2.79. The van der Waals surface area contributed by atoms with Gasteiger partial charge in [0.1, 0.15) is 0 Å². The maximum Gasteiger partial charge on any atom is 0.340 e. The molecule has 8 heteroatoms. The van der Waals surface area contributed by atoms with E-state index in [9.17, 15) is 22.4 Å². The first-order valence-electron chi connectivity index (χ1n) is 4.38. The molecule has 4 nitrogen and oxygen atoms in total. The second-order valence-corrected chi connectivity index (χ2v) is 3.06. The third-order valence-electron chi connectivity index (χ3n) is 1.74. The van der Waals surface area contributed by atoms with Crippen molar-refractivity contribution in [1.29, 1.82) is 0 Å². The van der Waals surface area contributed by atoms with Crippen molar-refractivity contribution >= 4 is 5.91 Å². The second kappa shape index (κ2) is 4.98. The number of amides is 1. The third kappa shape index (κ3) is 3.30. The first-order valence-corrected chi connectivity index (χ1v) is 4.38. The minimum Gasteiger partial charge on any atom is -0.485 e. The zero-order valence-corrected chi connectivity index (χ0v) is 8.37. The number of carbonyl (C=O) groups is 1. The Morgan fingerprint density at radius 2 is 2.18 bits per heavy atom. The van der Waals surface area contributed by atoms with Crippen LogP contribution in [0, 0.1) is 0 Å². The molecule has 0 atom stereocenters. The van der Waals surface area contributed by atoms with Crippen LogP contribution in [0.4, 0.5) is 17.6 Å². The van der Waals surface area contributed by atoms with E-state index in [0.29, 0.717) is 0 Å². The number of primary amides is 1. The van der Waals surface area contributed by atoms with Gasteiger partial charge in [0.25, 0.3) is 5.91 Å². The summed E-state index contributed by atoms with van der Waals surface area (Å²) in [5.74, 6) is -5.66. The van der Waals surface area contributed by atoms with E-state index in [1.165, 1.54) is 12.3 Å². The number of carbonyl (C=O) groups excluding carboxylic acids is 1. The van der Waals surface area contributed by atoms with Crippen LogP contribution in [-0.2, 0) is 0 Å². The number of aromatic nitrogens is 1. The van der Waals surface area contributed by atoms with Gasteiger partial charge in [-0.05, 0) is 12.1 Å². The van der Waals surface area contributed by atoms with Gasteiger partial charge in [-0.3, -0.25) is 4.79 Å². The summed E-state index contributed by atoms with van der Waals surface area (Å²) in [6, 6.07) is 2.43. The molecule has 2 N–H and O–H groups in total. The summed E-state index contributed by atoms with van der Waals surface area (Å²) in [7, 11) is 0. The van der Waals surface area contributed by atoms with Gasteiger partial charge in [0.05, 0.1) is 0 Å². The van der Waals surface area contributed by atoms with Crippen molar-refractivity contribution in [3.63, 3.8) is 0 Å². The molecular formula is C9H8F4N2O2. The first-order chi connectivity index (χ1) is 7.84. The normalized spacial score (nSPS) is 11.6. The van der Waals surface area contributed by atoms with E-state index in [2.05, 4.69) is 9.72 Å². The quantitative estimate of drug-likeness (QED) is 0.807. The number of rotatable bonds is 5. The van der Waals surface area contributed by atoms with Crippen molar-refractivity contribution in [1.82, 2.24) is 4.98 Å². The van der Waals surface area contributed by atoms with Gasteiger partial charge in [0, 0.05) is 6.20 Å². The molecular weight excluding hydrogens is 244 g/mol. The molecule has 0 aliphatic rings. The molecule has 1 aromatic heterocycles. The van der Waals surface area contributed by atoms with E-state index >= 15 is 0 Å². The SMILES string of the molecule is NC(=O)c1ncccc1OCC(F)(F)C(F)F. The molecule has 0 aromatic carbocycles. The standard InChI is InChI=1S/C9H8F4N2O2/c10-8(11)9(12,13)4-17-5-2-1-3-15-6(5)7(14)16/h1-3,8H,4H2,(H2,14,16). The van der Waals surface area contributed by atoms with Crippen molar-refractivity contribution < 1.29 is 27.1 Å². The van der Waals surface area contributed by atoms with E-state index in [1.54, 1.807) is 0 Å².